The van der Waals surface area contributed by atoms with Gasteiger partial charge in [-0.05, 0) is 37.3 Å². The summed E-state index contributed by atoms with van der Waals surface area (Å²) in [6.45, 7) is 2.59. The molecule has 0 spiro atoms. The van der Waals surface area contributed by atoms with Crippen LogP contribution >= 0.6 is 0 Å². The molecular formula is C15H14FN3. The second-order valence-corrected chi connectivity index (χ2v) is 4.44. The number of nitrogens with zero attached hydrogens (tertiary/aromatic N) is 2. The second kappa shape index (κ2) is 4.72. The molecule has 1 N–H and O–H groups in total. The van der Waals surface area contributed by atoms with Crippen LogP contribution in [0.1, 0.15) is 11.4 Å². The molecule has 0 saturated heterocycles. The van der Waals surface area contributed by atoms with Crippen molar-refractivity contribution in [2.24, 2.45) is 0 Å². The highest BCUT2D eigenvalue weighted by Gasteiger charge is 2.07. The van der Waals surface area contributed by atoms with Gasteiger partial charge in [-0.15, -0.1) is 0 Å². The van der Waals surface area contributed by atoms with E-state index in [4.69, 9.17) is 0 Å². The molecular weight excluding hydrogens is 241 g/mol. The summed E-state index contributed by atoms with van der Waals surface area (Å²) < 4.78 is 15.2. The highest BCUT2D eigenvalue weighted by molar-refractivity contribution is 5.46. The average Bonchev–Trinajstić information content (AvgIpc) is 2.72. The van der Waals surface area contributed by atoms with E-state index in [1.807, 2.05) is 41.8 Å². The van der Waals surface area contributed by atoms with Crippen molar-refractivity contribution in [3.8, 4) is 0 Å². The lowest BCUT2D eigenvalue weighted by molar-refractivity contribution is 0.628. The molecule has 1 aromatic carbocycles. The molecule has 0 bridgehead atoms. The van der Waals surface area contributed by atoms with Gasteiger partial charge in [0, 0.05) is 11.9 Å². The number of halogens is 1. The maximum Gasteiger partial charge on any atom is 0.137 e. The first-order valence-electron chi connectivity index (χ1n) is 6.16. The van der Waals surface area contributed by atoms with Crippen LogP contribution in [0.2, 0.25) is 0 Å². The fraction of sp³-hybridized carbons (Fsp3) is 0.133. The van der Waals surface area contributed by atoms with Crippen LogP contribution in [0.5, 0.6) is 0 Å². The van der Waals surface area contributed by atoms with Gasteiger partial charge in [0.25, 0.3) is 0 Å². The van der Waals surface area contributed by atoms with Crippen LogP contribution in [-0.2, 0) is 6.54 Å². The van der Waals surface area contributed by atoms with Gasteiger partial charge in [0.15, 0.2) is 0 Å². The Labute approximate surface area is 110 Å². The topological polar surface area (TPSA) is 29.3 Å². The first-order chi connectivity index (χ1) is 9.24. The zero-order chi connectivity index (χ0) is 13.2. The lowest BCUT2D eigenvalue weighted by atomic mass is 10.3. The van der Waals surface area contributed by atoms with Crippen LogP contribution in [-0.4, -0.2) is 9.38 Å². The van der Waals surface area contributed by atoms with Crippen molar-refractivity contribution in [3.63, 3.8) is 0 Å². The minimum atomic E-state index is -0.236. The van der Waals surface area contributed by atoms with E-state index in [9.17, 15) is 4.39 Å². The summed E-state index contributed by atoms with van der Waals surface area (Å²) in [6, 6.07) is 12.4. The molecule has 0 aliphatic heterocycles. The Hall–Kier alpha value is -2.36. The van der Waals surface area contributed by atoms with Gasteiger partial charge in [-0.2, -0.15) is 0 Å². The number of imidazole rings is 1. The molecule has 0 radical (unpaired) electrons. The number of aromatic nitrogens is 2. The van der Waals surface area contributed by atoms with E-state index in [2.05, 4.69) is 10.3 Å². The predicted octanol–water partition coefficient (Wildman–Crippen LogP) is 3.39. The third-order valence-electron chi connectivity index (χ3n) is 3.11. The first-order valence-corrected chi connectivity index (χ1v) is 6.16. The number of hydrogen-bond donors (Lipinski definition) is 1. The van der Waals surface area contributed by atoms with Crippen molar-refractivity contribution >= 4 is 11.3 Å². The second-order valence-electron chi connectivity index (χ2n) is 4.44. The number of pyridine rings is 1. The quantitative estimate of drug-likeness (QED) is 0.777. The van der Waals surface area contributed by atoms with Crippen molar-refractivity contribution in [2.75, 3.05) is 5.32 Å². The Morgan fingerprint density at radius 3 is 2.95 bits per heavy atom. The highest BCUT2D eigenvalue weighted by Crippen LogP contribution is 2.15. The zero-order valence-corrected chi connectivity index (χ0v) is 10.6. The summed E-state index contributed by atoms with van der Waals surface area (Å²) >= 11 is 0. The Balaban J connectivity index is 1.87. The Morgan fingerprint density at radius 1 is 1.21 bits per heavy atom. The van der Waals surface area contributed by atoms with E-state index in [0.29, 0.717) is 6.54 Å². The molecule has 3 nitrogen and oxygen atoms in total. The third-order valence-corrected chi connectivity index (χ3v) is 3.11. The molecule has 4 heteroatoms. The van der Waals surface area contributed by atoms with Crippen molar-refractivity contribution in [1.82, 2.24) is 9.38 Å². The van der Waals surface area contributed by atoms with Gasteiger partial charge < -0.3 is 9.72 Å². The Bertz CT molecular complexity index is 718. The minimum absolute atomic E-state index is 0.236. The molecule has 0 fully saturated rings. The van der Waals surface area contributed by atoms with Crippen molar-refractivity contribution in [2.45, 2.75) is 13.5 Å². The number of nitrogens with one attached hydrogen (secondary N) is 1. The number of anilines is 1. The molecule has 0 amide bonds. The van der Waals surface area contributed by atoms with Gasteiger partial charge in [-0.25, -0.2) is 9.37 Å². The number of rotatable bonds is 3. The van der Waals surface area contributed by atoms with Crippen LogP contribution in [0.3, 0.4) is 0 Å². The molecule has 2 heterocycles. The first kappa shape index (κ1) is 11.7. The Kier molecular flexibility index (Phi) is 2.91. The fourth-order valence-corrected chi connectivity index (χ4v) is 2.16. The summed E-state index contributed by atoms with van der Waals surface area (Å²) in [5.74, 6) is -0.236. The van der Waals surface area contributed by atoms with Crippen LogP contribution in [0.4, 0.5) is 10.1 Å². The molecule has 2 aromatic heterocycles. The van der Waals surface area contributed by atoms with E-state index in [1.54, 1.807) is 6.07 Å². The van der Waals surface area contributed by atoms with Crippen molar-refractivity contribution in [3.05, 3.63) is 65.9 Å². The third kappa shape index (κ3) is 2.29. The largest absolute Gasteiger partial charge is 0.379 e. The van der Waals surface area contributed by atoms with Crippen molar-refractivity contribution in [1.29, 1.82) is 0 Å². The van der Waals surface area contributed by atoms with Gasteiger partial charge in [0.05, 0.1) is 17.9 Å². The van der Waals surface area contributed by atoms with E-state index in [0.717, 1.165) is 22.7 Å². The van der Waals surface area contributed by atoms with E-state index in [-0.39, 0.29) is 5.82 Å². The number of aryl methyl sites for hydroxylation is 1. The molecule has 0 aliphatic rings. The monoisotopic (exact) mass is 255 g/mol. The molecule has 0 aliphatic carbocycles. The molecule has 3 aromatic rings. The predicted molar refractivity (Wildman–Crippen MR) is 73.7 cm³/mol. The summed E-state index contributed by atoms with van der Waals surface area (Å²) in [5, 5.41) is 3.22. The van der Waals surface area contributed by atoms with E-state index in [1.165, 1.54) is 12.1 Å². The van der Waals surface area contributed by atoms with Crippen molar-refractivity contribution < 1.29 is 4.39 Å². The maximum absolute atomic E-state index is 13.1. The summed E-state index contributed by atoms with van der Waals surface area (Å²) in [5.41, 5.74) is 3.76. The van der Waals surface area contributed by atoms with Gasteiger partial charge in [0.2, 0.25) is 0 Å². The highest BCUT2D eigenvalue weighted by atomic mass is 19.1. The molecule has 0 atom stereocenters. The van der Waals surface area contributed by atoms with E-state index >= 15 is 0 Å². The minimum Gasteiger partial charge on any atom is -0.379 e. The molecule has 19 heavy (non-hydrogen) atoms. The molecule has 0 saturated carbocycles. The van der Waals surface area contributed by atoms with Crippen LogP contribution < -0.4 is 5.32 Å². The van der Waals surface area contributed by atoms with Gasteiger partial charge in [-0.1, -0.05) is 12.1 Å². The standard InChI is InChI=1S/C15H14FN3/c1-11-14(19-8-3-2-7-15(19)18-11)10-17-13-6-4-5-12(16)9-13/h2-9,17H,10H2,1H3. The van der Waals surface area contributed by atoms with Crippen LogP contribution in [0, 0.1) is 12.7 Å². The number of benzene rings is 1. The Morgan fingerprint density at radius 2 is 2.11 bits per heavy atom. The molecule has 0 unspecified atom stereocenters. The van der Waals surface area contributed by atoms with Crippen LogP contribution in [0.25, 0.3) is 5.65 Å². The van der Waals surface area contributed by atoms with Crippen LogP contribution in [0.15, 0.2) is 48.7 Å². The average molecular weight is 255 g/mol. The van der Waals surface area contributed by atoms with Gasteiger partial charge in [-0.3, -0.25) is 0 Å². The lowest BCUT2D eigenvalue weighted by Gasteiger charge is -2.07. The molecule has 3 rings (SSSR count). The fourth-order valence-electron chi connectivity index (χ4n) is 2.16. The number of hydrogen-bond acceptors (Lipinski definition) is 2. The zero-order valence-electron chi connectivity index (χ0n) is 10.6. The summed E-state index contributed by atoms with van der Waals surface area (Å²) in [6.07, 6.45) is 1.98. The van der Waals surface area contributed by atoms with Gasteiger partial charge in [0.1, 0.15) is 11.5 Å². The SMILES string of the molecule is Cc1nc2ccccn2c1CNc1cccc(F)c1. The lowest BCUT2D eigenvalue weighted by Crippen LogP contribution is -2.04. The summed E-state index contributed by atoms with van der Waals surface area (Å²) in [4.78, 5) is 4.49. The smallest absolute Gasteiger partial charge is 0.137 e. The normalized spacial score (nSPS) is 10.8. The molecule has 96 valence electrons. The number of fused-ring (bicyclic) bond motifs is 1. The maximum atomic E-state index is 13.1. The van der Waals surface area contributed by atoms with E-state index < -0.39 is 0 Å². The van der Waals surface area contributed by atoms with Gasteiger partial charge >= 0.3 is 0 Å². The summed E-state index contributed by atoms with van der Waals surface area (Å²) in [7, 11) is 0.